The first-order valence-electron chi connectivity index (χ1n) is 13.1. The molecule has 0 radical (unpaired) electrons. The van der Waals surface area contributed by atoms with Crippen molar-refractivity contribution in [1.29, 1.82) is 0 Å². The molecule has 1 fully saturated rings. The first-order valence-corrected chi connectivity index (χ1v) is 13.1. The second-order valence-electron chi connectivity index (χ2n) is 10.0. The Morgan fingerprint density at radius 3 is 2.46 bits per heavy atom. The van der Waals surface area contributed by atoms with E-state index >= 15 is 0 Å². The van der Waals surface area contributed by atoms with Gasteiger partial charge in [-0.1, -0.05) is 48.5 Å². The third-order valence-corrected chi connectivity index (χ3v) is 7.00. The Morgan fingerprint density at radius 1 is 0.919 bits per heavy atom. The van der Waals surface area contributed by atoms with E-state index in [4.69, 9.17) is 14.8 Å². The van der Waals surface area contributed by atoms with Crippen molar-refractivity contribution in [3.63, 3.8) is 0 Å². The monoisotopic (exact) mass is 496 g/mol. The van der Waals surface area contributed by atoms with Crippen molar-refractivity contribution < 1.29 is 4.84 Å². The fraction of sp³-hybridized carbons (Fsp3) is 0.367. The van der Waals surface area contributed by atoms with E-state index in [0.29, 0.717) is 12.3 Å². The average molecular weight is 497 g/mol. The number of hydrogen-bond acceptors (Lipinski definition) is 6. The molecule has 0 aliphatic carbocycles. The van der Waals surface area contributed by atoms with Crippen LogP contribution >= 0.6 is 0 Å². The molecule has 2 aromatic carbocycles. The number of benzene rings is 2. The lowest BCUT2D eigenvalue weighted by atomic mass is 10.1. The van der Waals surface area contributed by atoms with Crippen LogP contribution < -0.4 is 4.84 Å². The number of likely N-dealkylation sites (N-methyl/N-ethyl adjacent to an activating group) is 1. The Bertz CT molecular complexity index is 1380. The number of oxime groups is 1. The summed E-state index contributed by atoms with van der Waals surface area (Å²) < 4.78 is 2.21. The van der Waals surface area contributed by atoms with Gasteiger partial charge in [0.2, 0.25) is 0 Å². The summed E-state index contributed by atoms with van der Waals surface area (Å²) in [5.74, 6) is 1.75. The van der Waals surface area contributed by atoms with Crippen molar-refractivity contribution in [2.75, 3.05) is 33.2 Å². The number of piperazine rings is 1. The number of aromatic nitrogens is 3. The summed E-state index contributed by atoms with van der Waals surface area (Å²) >= 11 is 0. The highest BCUT2D eigenvalue weighted by Crippen LogP contribution is 2.22. The zero-order valence-electron chi connectivity index (χ0n) is 22.3. The van der Waals surface area contributed by atoms with Crippen molar-refractivity contribution in [2.45, 2.75) is 40.3 Å². The zero-order chi connectivity index (χ0) is 25.8. The Labute approximate surface area is 219 Å². The molecule has 5 rings (SSSR count). The van der Waals surface area contributed by atoms with E-state index in [2.05, 4.69) is 76.8 Å². The van der Waals surface area contributed by atoms with Gasteiger partial charge in [-0.15, -0.1) is 0 Å². The van der Waals surface area contributed by atoms with E-state index in [9.17, 15) is 0 Å². The number of rotatable bonds is 8. The summed E-state index contributed by atoms with van der Waals surface area (Å²) in [5, 5.41) is 4.24. The molecule has 0 spiro atoms. The lowest BCUT2D eigenvalue weighted by Gasteiger charge is -2.32. The fourth-order valence-corrected chi connectivity index (χ4v) is 4.89. The summed E-state index contributed by atoms with van der Waals surface area (Å²) in [5.41, 5.74) is 7.56. The average Bonchev–Trinajstić information content (AvgIpc) is 3.24. The summed E-state index contributed by atoms with van der Waals surface area (Å²) in [4.78, 5) is 20.3. The molecule has 7 nitrogen and oxygen atoms in total. The minimum Gasteiger partial charge on any atom is -0.357 e. The van der Waals surface area contributed by atoms with Gasteiger partial charge in [0.05, 0.1) is 12.8 Å². The van der Waals surface area contributed by atoms with Crippen LogP contribution in [-0.4, -0.2) is 63.8 Å². The molecule has 0 atom stereocenters. The molecular weight excluding hydrogens is 460 g/mol. The molecular formula is C30H36N6O. The molecule has 0 N–H and O–H groups in total. The van der Waals surface area contributed by atoms with Crippen LogP contribution in [0.2, 0.25) is 0 Å². The fourth-order valence-electron chi connectivity index (χ4n) is 4.89. The molecule has 1 aliphatic heterocycles. The summed E-state index contributed by atoms with van der Waals surface area (Å²) in [7, 11) is 2.19. The maximum atomic E-state index is 5.73. The molecule has 0 unspecified atom stereocenters. The number of imidazole rings is 1. The van der Waals surface area contributed by atoms with Crippen LogP contribution in [0.1, 0.15) is 40.7 Å². The normalized spacial score (nSPS) is 15.1. The van der Waals surface area contributed by atoms with Crippen molar-refractivity contribution in [1.82, 2.24) is 24.3 Å². The van der Waals surface area contributed by atoms with Gasteiger partial charge in [-0.05, 0) is 61.3 Å². The van der Waals surface area contributed by atoms with Crippen molar-refractivity contribution >= 4 is 17.4 Å². The third-order valence-electron chi connectivity index (χ3n) is 7.00. The number of pyridine rings is 1. The van der Waals surface area contributed by atoms with Gasteiger partial charge in [0.25, 0.3) is 0 Å². The first-order chi connectivity index (χ1) is 18.0. The number of hydrogen-bond donors (Lipinski definition) is 0. The molecule has 192 valence electrons. The second-order valence-corrected chi connectivity index (χ2v) is 10.0. The highest BCUT2D eigenvalue weighted by Gasteiger charge is 2.15. The molecule has 1 aliphatic rings. The minimum absolute atomic E-state index is 0.686. The van der Waals surface area contributed by atoms with Crippen LogP contribution in [0.4, 0.5) is 0 Å². The predicted molar refractivity (Wildman–Crippen MR) is 149 cm³/mol. The molecule has 0 amide bonds. The van der Waals surface area contributed by atoms with E-state index in [-0.39, 0.29) is 0 Å². The summed E-state index contributed by atoms with van der Waals surface area (Å²) in [6.45, 7) is 12.5. The van der Waals surface area contributed by atoms with Crippen LogP contribution in [0.25, 0.3) is 11.2 Å². The highest BCUT2D eigenvalue weighted by atomic mass is 16.6. The number of aryl methyl sites for hydroxylation is 3. The van der Waals surface area contributed by atoms with Crippen molar-refractivity contribution in [3.8, 4) is 5.75 Å². The van der Waals surface area contributed by atoms with Gasteiger partial charge in [0.1, 0.15) is 11.3 Å². The quantitative estimate of drug-likeness (QED) is 0.259. The maximum Gasteiger partial charge on any atom is 0.160 e. The molecule has 1 saturated heterocycles. The van der Waals surface area contributed by atoms with E-state index in [1.165, 1.54) is 5.56 Å². The van der Waals surface area contributed by atoms with Crippen molar-refractivity contribution in [2.24, 2.45) is 5.16 Å². The SMILES string of the molecule is CCc1nc2c(C)cc(C)nc2n1Cc1cccc(ON=Cc2ccc(CN3CCN(C)CC3)cc2)c1. The van der Waals surface area contributed by atoms with Crippen LogP contribution in [-0.2, 0) is 19.5 Å². The van der Waals surface area contributed by atoms with Gasteiger partial charge in [-0.3, -0.25) is 4.90 Å². The van der Waals surface area contributed by atoms with Crippen LogP contribution in [0, 0.1) is 13.8 Å². The molecule has 37 heavy (non-hydrogen) atoms. The second kappa shape index (κ2) is 11.2. The molecule has 0 saturated carbocycles. The lowest BCUT2D eigenvalue weighted by molar-refractivity contribution is 0.148. The van der Waals surface area contributed by atoms with Gasteiger partial charge >= 0.3 is 0 Å². The van der Waals surface area contributed by atoms with Gasteiger partial charge in [0, 0.05) is 44.8 Å². The van der Waals surface area contributed by atoms with E-state index in [1.54, 1.807) is 6.21 Å². The van der Waals surface area contributed by atoms with Gasteiger partial charge in [-0.2, -0.15) is 0 Å². The summed E-state index contributed by atoms with van der Waals surface area (Å²) in [6, 6.07) is 18.7. The van der Waals surface area contributed by atoms with E-state index in [0.717, 1.165) is 78.5 Å². The van der Waals surface area contributed by atoms with Crippen molar-refractivity contribution in [3.05, 3.63) is 88.4 Å². The maximum absolute atomic E-state index is 5.73. The lowest BCUT2D eigenvalue weighted by Crippen LogP contribution is -2.43. The predicted octanol–water partition coefficient (Wildman–Crippen LogP) is 4.82. The molecule has 3 heterocycles. The van der Waals surface area contributed by atoms with Crippen LogP contribution in [0.3, 0.4) is 0 Å². The van der Waals surface area contributed by atoms with Gasteiger partial charge in [0.15, 0.2) is 11.4 Å². The smallest absolute Gasteiger partial charge is 0.160 e. The molecule has 7 heteroatoms. The van der Waals surface area contributed by atoms with Crippen LogP contribution in [0.15, 0.2) is 59.8 Å². The Kier molecular flexibility index (Phi) is 7.63. The Balaban J connectivity index is 1.23. The topological polar surface area (TPSA) is 58.8 Å². The number of fused-ring (bicyclic) bond motifs is 1. The molecule has 2 aromatic heterocycles. The molecule has 4 aromatic rings. The van der Waals surface area contributed by atoms with Gasteiger partial charge in [-0.25, -0.2) is 9.97 Å². The Morgan fingerprint density at radius 2 is 1.70 bits per heavy atom. The minimum atomic E-state index is 0.686. The van der Waals surface area contributed by atoms with Gasteiger partial charge < -0.3 is 14.3 Å². The highest BCUT2D eigenvalue weighted by molar-refractivity contribution is 5.79. The van der Waals surface area contributed by atoms with E-state index < -0.39 is 0 Å². The largest absolute Gasteiger partial charge is 0.357 e. The van der Waals surface area contributed by atoms with Crippen LogP contribution in [0.5, 0.6) is 5.75 Å². The van der Waals surface area contributed by atoms with E-state index in [1.807, 2.05) is 25.1 Å². The summed E-state index contributed by atoms with van der Waals surface area (Å²) in [6.07, 6.45) is 2.61. The molecule has 0 bridgehead atoms. The third kappa shape index (κ3) is 6.06. The Hall–Kier alpha value is -3.55. The first kappa shape index (κ1) is 25.1. The standard InChI is InChI=1S/C30H36N6O/c1-5-28-33-29-22(2)17-23(3)32-30(29)36(28)21-26-7-6-8-27(18-26)37-31-19-24-9-11-25(12-10-24)20-35-15-13-34(4)14-16-35/h6-12,17-19H,5,13-16,20-21H2,1-4H3. The number of nitrogens with zero attached hydrogens (tertiary/aromatic N) is 6. The zero-order valence-corrected chi connectivity index (χ0v) is 22.3.